The van der Waals surface area contributed by atoms with Crippen LogP contribution in [0, 0.1) is 20.2 Å². The van der Waals surface area contributed by atoms with Gasteiger partial charge in [-0.15, -0.1) is 0 Å². The number of nitrogens with zero attached hydrogens (tertiary/aromatic N) is 2. The molecule has 0 aliphatic heterocycles. The molecule has 0 unspecified atom stereocenters. The van der Waals surface area contributed by atoms with Gasteiger partial charge in [0.05, 0.1) is 27.0 Å². The largest absolute Gasteiger partial charge is 0.416 e. The second-order valence-corrected chi connectivity index (χ2v) is 7.68. The molecule has 0 aliphatic carbocycles. The first kappa shape index (κ1) is 26.7. The quantitative estimate of drug-likeness (QED) is 0.229. The minimum atomic E-state index is -4.58. The Bertz CT molecular complexity index is 1400. The number of hydrogen-bond donors (Lipinski definition) is 3. The van der Waals surface area contributed by atoms with E-state index < -0.39 is 44.8 Å². The fraction of sp³-hybridized carbons (Fsp3) is 0.0455. The van der Waals surface area contributed by atoms with Gasteiger partial charge >= 0.3 is 6.18 Å². The molecule has 0 spiro atoms. The number of halogens is 3. The van der Waals surface area contributed by atoms with Gasteiger partial charge in [0.25, 0.3) is 23.2 Å². The third-order valence-corrected chi connectivity index (χ3v) is 4.85. The number of thiocarbonyl (C=S) groups is 1. The molecular formula is C22H14F3N5O6S. The van der Waals surface area contributed by atoms with Crippen molar-refractivity contribution in [3.05, 3.63) is 104 Å². The Morgan fingerprint density at radius 3 is 1.89 bits per heavy atom. The number of nitrogens with one attached hydrogen (secondary N) is 3. The fourth-order valence-electron chi connectivity index (χ4n) is 2.99. The Labute approximate surface area is 210 Å². The number of alkyl halides is 3. The van der Waals surface area contributed by atoms with E-state index in [-0.39, 0.29) is 27.6 Å². The lowest BCUT2D eigenvalue weighted by Crippen LogP contribution is -2.34. The van der Waals surface area contributed by atoms with Gasteiger partial charge in [-0.1, -0.05) is 12.1 Å². The summed E-state index contributed by atoms with van der Waals surface area (Å²) < 4.78 is 38.7. The van der Waals surface area contributed by atoms with E-state index in [0.29, 0.717) is 6.07 Å². The molecule has 3 aromatic rings. The lowest BCUT2D eigenvalue weighted by molar-refractivity contribution is -0.394. The maximum atomic E-state index is 12.9. The zero-order valence-corrected chi connectivity index (χ0v) is 19.1. The number of hydrogen-bond acceptors (Lipinski definition) is 7. The van der Waals surface area contributed by atoms with Crippen LogP contribution in [0.15, 0.2) is 66.7 Å². The van der Waals surface area contributed by atoms with Crippen molar-refractivity contribution in [2.45, 2.75) is 6.18 Å². The van der Waals surface area contributed by atoms with Crippen LogP contribution in [-0.4, -0.2) is 26.8 Å². The molecule has 0 fully saturated rings. The normalized spacial score (nSPS) is 10.8. The second kappa shape index (κ2) is 10.8. The van der Waals surface area contributed by atoms with E-state index in [9.17, 15) is 43.0 Å². The van der Waals surface area contributed by atoms with Crippen molar-refractivity contribution in [2.75, 3.05) is 10.6 Å². The van der Waals surface area contributed by atoms with Crippen molar-refractivity contribution < 1.29 is 32.6 Å². The summed E-state index contributed by atoms with van der Waals surface area (Å²) in [4.78, 5) is 45.2. The molecule has 11 nitrogen and oxygen atoms in total. The van der Waals surface area contributed by atoms with E-state index in [2.05, 4.69) is 16.0 Å². The average molecular weight is 533 g/mol. The van der Waals surface area contributed by atoms with Crippen LogP contribution in [0.25, 0.3) is 0 Å². The summed E-state index contributed by atoms with van der Waals surface area (Å²) in [6, 6.07) is 12.1. The molecule has 15 heteroatoms. The minimum absolute atomic E-state index is 0.0471. The molecule has 0 bridgehead atoms. The summed E-state index contributed by atoms with van der Waals surface area (Å²) in [6.07, 6.45) is -4.58. The topological polar surface area (TPSA) is 157 Å². The molecule has 37 heavy (non-hydrogen) atoms. The molecule has 0 heterocycles. The summed E-state index contributed by atoms with van der Waals surface area (Å²) in [5.74, 6) is -1.69. The predicted octanol–water partition coefficient (Wildman–Crippen LogP) is 4.90. The van der Waals surface area contributed by atoms with E-state index in [1.54, 1.807) is 0 Å². The molecular weight excluding hydrogens is 519 g/mol. The minimum Gasteiger partial charge on any atom is -0.332 e. The first-order valence-corrected chi connectivity index (χ1v) is 10.4. The van der Waals surface area contributed by atoms with Gasteiger partial charge in [0.15, 0.2) is 5.11 Å². The van der Waals surface area contributed by atoms with Crippen molar-refractivity contribution in [1.29, 1.82) is 0 Å². The van der Waals surface area contributed by atoms with Gasteiger partial charge in [0.2, 0.25) is 0 Å². The van der Waals surface area contributed by atoms with Crippen molar-refractivity contribution in [2.24, 2.45) is 0 Å². The SMILES string of the molecule is O=C(NC(=S)Nc1cccc(C(=O)Nc2cccc(C(F)(F)F)c2)c1)c1cc([N+](=O)[O-])cc([N+](=O)[O-])c1. The third kappa shape index (κ3) is 7.04. The van der Waals surface area contributed by atoms with E-state index in [0.717, 1.165) is 30.3 Å². The molecule has 190 valence electrons. The number of nitro benzene ring substituents is 2. The smallest absolute Gasteiger partial charge is 0.332 e. The molecule has 2 amide bonds. The summed E-state index contributed by atoms with van der Waals surface area (Å²) >= 11 is 5.03. The van der Waals surface area contributed by atoms with E-state index >= 15 is 0 Å². The Kier molecular flexibility index (Phi) is 7.77. The van der Waals surface area contributed by atoms with Crippen molar-refractivity contribution >= 4 is 51.9 Å². The van der Waals surface area contributed by atoms with Crippen LogP contribution in [0.2, 0.25) is 0 Å². The Hall–Kier alpha value is -4.92. The summed E-state index contributed by atoms with van der Waals surface area (Å²) in [7, 11) is 0. The van der Waals surface area contributed by atoms with Crippen LogP contribution in [0.4, 0.5) is 35.9 Å². The average Bonchev–Trinajstić information content (AvgIpc) is 2.83. The summed E-state index contributed by atoms with van der Waals surface area (Å²) in [5.41, 5.74) is -2.48. The standard InChI is InChI=1S/C22H14F3N5O6S/c23-22(24,25)14-4-2-6-16(10-14)26-19(31)12-3-1-5-15(7-12)27-21(37)28-20(32)13-8-17(29(33)34)11-18(9-13)30(35)36/h1-11H,(H,26,31)(H2,27,28,32,37). The molecule has 0 aromatic heterocycles. The summed E-state index contributed by atoms with van der Waals surface area (Å²) in [6.45, 7) is 0. The number of anilines is 2. The maximum absolute atomic E-state index is 12.9. The van der Waals surface area contributed by atoms with Crippen LogP contribution in [0.1, 0.15) is 26.3 Å². The highest BCUT2D eigenvalue weighted by molar-refractivity contribution is 7.80. The Morgan fingerprint density at radius 2 is 1.32 bits per heavy atom. The van der Waals surface area contributed by atoms with Crippen molar-refractivity contribution in [3.63, 3.8) is 0 Å². The fourth-order valence-corrected chi connectivity index (χ4v) is 3.20. The van der Waals surface area contributed by atoms with Gasteiger partial charge in [-0.05, 0) is 48.6 Å². The molecule has 0 saturated heterocycles. The van der Waals surface area contributed by atoms with Gasteiger partial charge in [0, 0.05) is 29.1 Å². The first-order chi connectivity index (χ1) is 17.3. The van der Waals surface area contributed by atoms with Gasteiger partial charge < -0.3 is 10.6 Å². The summed E-state index contributed by atoms with van der Waals surface area (Å²) in [5, 5.41) is 28.9. The molecule has 3 N–H and O–H groups in total. The third-order valence-electron chi connectivity index (χ3n) is 4.64. The zero-order valence-electron chi connectivity index (χ0n) is 18.2. The van der Waals surface area contributed by atoms with Crippen LogP contribution < -0.4 is 16.0 Å². The van der Waals surface area contributed by atoms with Crippen LogP contribution in [-0.2, 0) is 6.18 Å². The Balaban J connectivity index is 1.70. The maximum Gasteiger partial charge on any atom is 0.416 e. The molecule has 3 rings (SSSR count). The number of benzene rings is 3. The molecule has 0 radical (unpaired) electrons. The molecule has 0 saturated carbocycles. The van der Waals surface area contributed by atoms with Crippen molar-refractivity contribution in [3.8, 4) is 0 Å². The van der Waals surface area contributed by atoms with Gasteiger partial charge in [-0.2, -0.15) is 13.2 Å². The highest BCUT2D eigenvalue weighted by atomic mass is 32.1. The lowest BCUT2D eigenvalue weighted by Gasteiger charge is -2.12. The predicted molar refractivity (Wildman–Crippen MR) is 129 cm³/mol. The lowest BCUT2D eigenvalue weighted by atomic mass is 10.1. The number of carbonyl (C=O) groups is 2. The van der Waals surface area contributed by atoms with E-state index in [4.69, 9.17) is 12.2 Å². The highest BCUT2D eigenvalue weighted by Gasteiger charge is 2.30. The second-order valence-electron chi connectivity index (χ2n) is 7.27. The number of carbonyl (C=O) groups excluding carboxylic acids is 2. The monoisotopic (exact) mass is 533 g/mol. The van der Waals surface area contributed by atoms with Gasteiger partial charge in [0.1, 0.15) is 0 Å². The number of nitro groups is 2. The Morgan fingerprint density at radius 1 is 0.757 bits per heavy atom. The van der Waals surface area contributed by atoms with Gasteiger partial charge in [-0.3, -0.25) is 35.1 Å². The van der Waals surface area contributed by atoms with Crippen molar-refractivity contribution in [1.82, 2.24) is 5.32 Å². The van der Waals surface area contributed by atoms with Crippen LogP contribution >= 0.6 is 12.2 Å². The van der Waals surface area contributed by atoms with Crippen LogP contribution in [0.3, 0.4) is 0 Å². The number of non-ortho nitro benzene ring substituents is 2. The first-order valence-electron chi connectivity index (χ1n) is 9.98. The number of amides is 2. The highest BCUT2D eigenvalue weighted by Crippen LogP contribution is 2.30. The van der Waals surface area contributed by atoms with Gasteiger partial charge in [-0.25, -0.2) is 0 Å². The van der Waals surface area contributed by atoms with E-state index in [1.165, 1.54) is 30.3 Å². The zero-order chi connectivity index (χ0) is 27.3. The van der Waals surface area contributed by atoms with Crippen LogP contribution in [0.5, 0.6) is 0 Å². The molecule has 0 aliphatic rings. The molecule has 0 atom stereocenters. The molecule has 3 aromatic carbocycles. The van der Waals surface area contributed by atoms with E-state index in [1.807, 2.05) is 0 Å². The number of rotatable bonds is 6.